The van der Waals surface area contributed by atoms with E-state index in [0.717, 1.165) is 17.7 Å². The smallest absolute Gasteiger partial charge is 0.130 e. The summed E-state index contributed by atoms with van der Waals surface area (Å²) in [7, 11) is 1.96. The molecule has 0 aromatic carbocycles. The van der Waals surface area contributed by atoms with Crippen molar-refractivity contribution < 1.29 is 0 Å². The van der Waals surface area contributed by atoms with Crippen LogP contribution in [0.2, 0.25) is 0 Å². The van der Waals surface area contributed by atoms with Crippen LogP contribution in [0.25, 0.3) is 10.4 Å². The van der Waals surface area contributed by atoms with Gasteiger partial charge in [-0.3, -0.25) is 4.68 Å². The summed E-state index contributed by atoms with van der Waals surface area (Å²) in [4.78, 5) is 1.27. The van der Waals surface area contributed by atoms with Crippen LogP contribution < -0.4 is 5.73 Å². The molecule has 2 heterocycles. The molecule has 4 heteroatoms. The zero-order valence-corrected chi connectivity index (χ0v) is 12.0. The summed E-state index contributed by atoms with van der Waals surface area (Å²) < 4.78 is 1.86. The SMILES string of the molecule is Cn1nc(C2C3CCCCC32)c(-c2cccs2)c1N. The maximum absolute atomic E-state index is 6.26. The number of aryl methyl sites for hydroxylation is 1. The lowest BCUT2D eigenvalue weighted by Crippen LogP contribution is -1.97. The van der Waals surface area contributed by atoms with Gasteiger partial charge in [0, 0.05) is 17.8 Å². The first kappa shape index (κ1) is 11.5. The van der Waals surface area contributed by atoms with Gasteiger partial charge in [0.05, 0.1) is 11.3 Å². The highest BCUT2D eigenvalue weighted by atomic mass is 32.1. The molecule has 0 bridgehead atoms. The van der Waals surface area contributed by atoms with Crippen LogP contribution in [0.4, 0.5) is 5.82 Å². The Morgan fingerprint density at radius 2 is 2.05 bits per heavy atom. The molecule has 2 atom stereocenters. The topological polar surface area (TPSA) is 43.8 Å². The zero-order chi connectivity index (χ0) is 13.0. The monoisotopic (exact) mass is 273 g/mol. The van der Waals surface area contributed by atoms with Crippen molar-refractivity contribution in [2.75, 3.05) is 5.73 Å². The molecular weight excluding hydrogens is 254 g/mol. The first-order chi connectivity index (χ1) is 9.27. The third-order valence-corrected chi connectivity index (χ3v) is 5.75. The number of aromatic nitrogens is 2. The van der Waals surface area contributed by atoms with E-state index in [1.54, 1.807) is 11.3 Å². The molecule has 0 radical (unpaired) electrons. The van der Waals surface area contributed by atoms with E-state index in [1.165, 1.54) is 41.8 Å². The molecule has 100 valence electrons. The van der Waals surface area contributed by atoms with Gasteiger partial charge >= 0.3 is 0 Å². The van der Waals surface area contributed by atoms with Crippen molar-refractivity contribution >= 4 is 17.2 Å². The molecule has 2 fully saturated rings. The van der Waals surface area contributed by atoms with Crippen molar-refractivity contribution in [3.63, 3.8) is 0 Å². The molecule has 0 amide bonds. The van der Waals surface area contributed by atoms with Crippen molar-refractivity contribution in [2.24, 2.45) is 18.9 Å². The normalized spacial score (nSPS) is 29.2. The number of hydrogen-bond acceptors (Lipinski definition) is 3. The lowest BCUT2D eigenvalue weighted by molar-refractivity contribution is 0.480. The Kier molecular flexibility index (Phi) is 2.49. The summed E-state index contributed by atoms with van der Waals surface area (Å²) in [5.41, 5.74) is 8.73. The quantitative estimate of drug-likeness (QED) is 0.908. The van der Waals surface area contributed by atoms with Crippen LogP contribution in [0, 0.1) is 11.8 Å². The minimum atomic E-state index is 0.670. The maximum Gasteiger partial charge on any atom is 0.130 e. The predicted molar refractivity (Wildman–Crippen MR) is 79.1 cm³/mol. The third-order valence-electron chi connectivity index (χ3n) is 4.86. The molecule has 2 N–H and O–H groups in total. The zero-order valence-electron chi connectivity index (χ0n) is 11.2. The standard InChI is InChI=1S/C15H19N3S/c1-18-15(16)13(11-7-4-8-19-11)14(17-18)12-9-5-2-3-6-10(9)12/h4,7-10,12H,2-3,5-6,16H2,1H3. The predicted octanol–water partition coefficient (Wildman–Crippen LogP) is 3.63. The maximum atomic E-state index is 6.26. The van der Waals surface area contributed by atoms with E-state index in [9.17, 15) is 0 Å². The fourth-order valence-electron chi connectivity index (χ4n) is 3.86. The van der Waals surface area contributed by atoms with Crippen molar-refractivity contribution in [1.82, 2.24) is 9.78 Å². The first-order valence-corrected chi connectivity index (χ1v) is 8.01. The Bertz CT molecular complexity index is 587. The van der Waals surface area contributed by atoms with E-state index in [-0.39, 0.29) is 0 Å². The number of anilines is 1. The Morgan fingerprint density at radius 1 is 1.32 bits per heavy atom. The van der Waals surface area contributed by atoms with Crippen LogP contribution in [0.15, 0.2) is 17.5 Å². The summed E-state index contributed by atoms with van der Waals surface area (Å²) >= 11 is 1.76. The molecule has 0 saturated heterocycles. The van der Waals surface area contributed by atoms with Crippen LogP contribution >= 0.6 is 11.3 Å². The average Bonchev–Trinajstić information content (AvgIpc) is 2.75. The van der Waals surface area contributed by atoms with E-state index in [0.29, 0.717) is 5.92 Å². The fraction of sp³-hybridized carbons (Fsp3) is 0.533. The molecule has 2 aromatic heterocycles. The van der Waals surface area contributed by atoms with E-state index in [4.69, 9.17) is 10.8 Å². The Labute approximate surface area is 117 Å². The van der Waals surface area contributed by atoms with Crippen LogP contribution in [-0.4, -0.2) is 9.78 Å². The lowest BCUT2D eigenvalue weighted by Gasteiger charge is -2.04. The molecule has 2 saturated carbocycles. The Hall–Kier alpha value is -1.29. The van der Waals surface area contributed by atoms with Gasteiger partial charge in [-0.15, -0.1) is 11.3 Å². The summed E-state index contributed by atoms with van der Waals surface area (Å²) in [5, 5.41) is 6.87. The summed E-state index contributed by atoms with van der Waals surface area (Å²) in [6.07, 6.45) is 5.56. The molecule has 2 aliphatic rings. The van der Waals surface area contributed by atoms with Crippen molar-refractivity contribution in [3.05, 3.63) is 23.2 Å². The highest BCUT2D eigenvalue weighted by molar-refractivity contribution is 7.13. The molecule has 4 rings (SSSR count). The Morgan fingerprint density at radius 3 is 2.68 bits per heavy atom. The molecular formula is C15H19N3S. The van der Waals surface area contributed by atoms with E-state index in [1.807, 2.05) is 11.7 Å². The molecule has 2 aromatic rings. The third kappa shape index (κ3) is 1.66. The van der Waals surface area contributed by atoms with Crippen LogP contribution in [-0.2, 0) is 7.05 Å². The second kappa shape index (κ2) is 4.10. The van der Waals surface area contributed by atoms with Gasteiger partial charge in [-0.1, -0.05) is 18.9 Å². The minimum absolute atomic E-state index is 0.670. The van der Waals surface area contributed by atoms with Gasteiger partial charge in [0.25, 0.3) is 0 Å². The van der Waals surface area contributed by atoms with Gasteiger partial charge in [-0.25, -0.2) is 0 Å². The van der Waals surface area contributed by atoms with Gasteiger partial charge < -0.3 is 5.73 Å². The molecule has 2 aliphatic carbocycles. The van der Waals surface area contributed by atoms with Crippen molar-refractivity contribution in [3.8, 4) is 10.4 Å². The highest BCUT2D eigenvalue weighted by Crippen LogP contribution is 2.62. The number of thiophene rings is 1. The van der Waals surface area contributed by atoms with E-state index in [2.05, 4.69) is 17.5 Å². The molecule has 0 aliphatic heterocycles. The van der Waals surface area contributed by atoms with Gasteiger partial charge in [-0.2, -0.15) is 5.10 Å². The molecule has 3 nitrogen and oxygen atoms in total. The highest BCUT2D eigenvalue weighted by Gasteiger charge is 2.53. The number of fused-ring (bicyclic) bond motifs is 1. The largest absolute Gasteiger partial charge is 0.383 e. The second-order valence-corrected chi connectivity index (χ2v) is 6.83. The molecule has 0 spiro atoms. The average molecular weight is 273 g/mol. The van der Waals surface area contributed by atoms with Crippen molar-refractivity contribution in [2.45, 2.75) is 31.6 Å². The fourth-order valence-corrected chi connectivity index (χ4v) is 4.65. The van der Waals surface area contributed by atoms with E-state index >= 15 is 0 Å². The van der Waals surface area contributed by atoms with Crippen LogP contribution in [0.3, 0.4) is 0 Å². The summed E-state index contributed by atoms with van der Waals surface area (Å²) in [5.74, 6) is 3.24. The number of rotatable bonds is 2. The van der Waals surface area contributed by atoms with Crippen molar-refractivity contribution in [1.29, 1.82) is 0 Å². The first-order valence-electron chi connectivity index (χ1n) is 7.13. The van der Waals surface area contributed by atoms with Gasteiger partial charge in [0.2, 0.25) is 0 Å². The number of nitrogens with zero attached hydrogens (tertiary/aromatic N) is 2. The minimum Gasteiger partial charge on any atom is -0.383 e. The van der Waals surface area contributed by atoms with Gasteiger partial charge in [0.15, 0.2) is 0 Å². The molecule has 19 heavy (non-hydrogen) atoms. The number of nitrogens with two attached hydrogens (primary N) is 1. The van der Waals surface area contributed by atoms with Gasteiger partial charge in [0.1, 0.15) is 5.82 Å². The summed E-state index contributed by atoms with van der Waals surface area (Å²) in [6, 6.07) is 4.25. The lowest BCUT2D eigenvalue weighted by atomic mass is 10.0. The summed E-state index contributed by atoms with van der Waals surface area (Å²) in [6.45, 7) is 0. The van der Waals surface area contributed by atoms with Crippen LogP contribution in [0.1, 0.15) is 37.3 Å². The second-order valence-electron chi connectivity index (χ2n) is 5.88. The van der Waals surface area contributed by atoms with Gasteiger partial charge in [-0.05, 0) is 36.1 Å². The van der Waals surface area contributed by atoms with Crippen LogP contribution in [0.5, 0.6) is 0 Å². The number of nitrogen functional groups attached to an aromatic ring is 1. The number of hydrogen-bond donors (Lipinski definition) is 1. The molecule has 2 unspecified atom stereocenters. The Balaban J connectivity index is 1.79. The van der Waals surface area contributed by atoms with E-state index < -0.39 is 0 Å².